The molecule has 0 spiro atoms. The maximum atomic E-state index is 14.4. The molecule has 0 unspecified atom stereocenters. The topological polar surface area (TPSA) is 193 Å². The van der Waals surface area contributed by atoms with Gasteiger partial charge in [0.05, 0.1) is 29.1 Å². The molecule has 1 aromatic carbocycles. The number of carboxylic acid groups (broad SMARTS) is 1. The van der Waals surface area contributed by atoms with E-state index in [1.807, 2.05) is 26.0 Å². The molecule has 0 radical (unpaired) electrons. The Morgan fingerprint density at radius 3 is 2.56 bits per heavy atom. The van der Waals surface area contributed by atoms with Crippen LogP contribution in [0.1, 0.15) is 71.6 Å². The zero-order chi connectivity index (χ0) is 36.9. The first-order valence-electron chi connectivity index (χ1n) is 18.0. The summed E-state index contributed by atoms with van der Waals surface area (Å²) >= 11 is 6.62. The minimum Gasteiger partial charge on any atom is -0.488 e. The first-order chi connectivity index (χ1) is 24.8. The van der Waals surface area contributed by atoms with Crippen LogP contribution < -0.4 is 24.8 Å². The summed E-state index contributed by atoms with van der Waals surface area (Å²) in [6.07, 6.45) is 8.16. The van der Waals surface area contributed by atoms with Crippen LogP contribution in [0.25, 0.3) is 10.8 Å². The second-order valence-electron chi connectivity index (χ2n) is 15.1. The van der Waals surface area contributed by atoms with Crippen LogP contribution in [0.15, 0.2) is 36.5 Å². The van der Waals surface area contributed by atoms with E-state index < -0.39 is 74.7 Å². The third-order valence-corrected chi connectivity index (χ3v) is 12.9. The van der Waals surface area contributed by atoms with E-state index in [-0.39, 0.29) is 37.3 Å². The Morgan fingerprint density at radius 2 is 1.85 bits per heavy atom. The molecule has 14 nitrogen and oxygen atoms in total. The van der Waals surface area contributed by atoms with Crippen molar-refractivity contribution >= 4 is 56.2 Å². The van der Waals surface area contributed by atoms with Crippen molar-refractivity contribution in [2.75, 3.05) is 6.54 Å². The van der Waals surface area contributed by atoms with Crippen LogP contribution in [0.4, 0.5) is 4.79 Å². The number of ether oxygens (including phenoxy) is 2. The number of rotatable bonds is 8. The van der Waals surface area contributed by atoms with Crippen molar-refractivity contribution in [2.45, 2.75) is 107 Å². The van der Waals surface area contributed by atoms with Gasteiger partial charge in [-0.3, -0.25) is 19.1 Å². The maximum absolute atomic E-state index is 14.4. The number of fused-ring (bicyclic) bond motifs is 3. The van der Waals surface area contributed by atoms with Crippen molar-refractivity contribution in [3.63, 3.8) is 0 Å². The van der Waals surface area contributed by atoms with E-state index >= 15 is 0 Å². The Bertz CT molecular complexity index is 1920. The average molecular weight is 758 g/mol. The minimum absolute atomic E-state index is 0.00914. The number of hydrogen-bond donors (Lipinski definition) is 4. The molecule has 1 saturated heterocycles. The Hall–Kier alpha value is -4.11. The smallest absolute Gasteiger partial charge is 0.405 e. The van der Waals surface area contributed by atoms with Gasteiger partial charge in [0.15, 0.2) is 0 Å². The number of benzene rings is 1. The SMILES string of the molecule is C[C@@H]1CCC=C[C@@H]2C[C@@]2(C(=O)NS(=O)(=O)C2CC2)NC(=O)[C@@H]2C[C@@H](Oc3ncc(OC4CC4)c4c(Cl)cccc34)CN2C(=O)[C@@H](NC(=O)O)[C@H](C)C1. The van der Waals surface area contributed by atoms with Crippen LogP contribution in [0, 0.1) is 17.8 Å². The summed E-state index contributed by atoms with van der Waals surface area (Å²) < 4.78 is 40.3. The Kier molecular flexibility index (Phi) is 9.78. The highest BCUT2D eigenvalue weighted by Crippen LogP contribution is 2.46. The molecule has 16 heteroatoms. The summed E-state index contributed by atoms with van der Waals surface area (Å²) in [5, 5.41) is 16.0. The minimum atomic E-state index is -3.91. The van der Waals surface area contributed by atoms with Crippen LogP contribution in [-0.2, 0) is 24.4 Å². The first-order valence-corrected chi connectivity index (χ1v) is 19.9. The monoisotopic (exact) mass is 757 g/mol. The summed E-state index contributed by atoms with van der Waals surface area (Å²) in [7, 11) is -3.91. The number of nitrogens with zero attached hydrogens (tertiary/aromatic N) is 2. The third kappa shape index (κ3) is 7.52. The Morgan fingerprint density at radius 1 is 1.08 bits per heavy atom. The van der Waals surface area contributed by atoms with Crippen molar-refractivity contribution in [3.05, 3.63) is 41.6 Å². The maximum Gasteiger partial charge on any atom is 0.405 e. The summed E-state index contributed by atoms with van der Waals surface area (Å²) in [5.74, 6) is -2.10. The normalized spacial score (nSPS) is 31.0. The molecule has 4 fully saturated rings. The number of pyridine rings is 1. The van der Waals surface area contributed by atoms with E-state index in [0.717, 1.165) is 19.3 Å². The zero-order valence-electron chi connectivity index (χ0n) is 29.0. The summed E-state index contributed by atoms with van der Waals surface area (Å²) in [6, 6.07) is 2.95. The molecule has 4 amide bonds. The molecule has 0 bridgehead atoms. The number of halogens is 1. The van der Waals surface area contributed by atoms with Gasteiger partial charge in [0, 0.05) is 23.1 Å². The van der Waals surface area contributed by atoms with Gasteiger partial charge in [0.25, 0.3) is 5.91 Å². The predicted molar refractivity (Wildman–Crippen MR) is 190 cm³/mol. The number of allylic oxidation sites excluding steroid dienone is 1. The van der Waals surface area contributed by atoms with Crippen molar-refractivity contribution in [1.29, 1.82) is 0 Å². The van der Waals surface area contributed by atoms with Crippen LogP contribution in [0.3, 0.4) is 0 Å². The predicted octanol–water partition coefficient (Wildman–Crippen LogP) is 3.91. The van der Waals surface area contributed by atoms with Crippen molar-refractivity contribution in [1.82, 2.24) is 25.2 Å². The van der Waals surface area contributed by atoms with Crippen molar-refractivity contribution < 1.29 is 42.2 Å². The number of hydrogen-bond acceptors (Lipinski definition) is 9. The second kappa shape index (κ2) is 14.0. The third-order valence-electron chi connectivity index (χ3n) is 10.8. The van der Waals surface area contributed by atoms with Crippen LogP contribution in [-0.4, -0.2) is 88.8 Å². The number of carbonyl (C=O) groups excluding carboxylic acids is 3. The van der Waals surface area contributed by atoms with Crippen LogP contribution >= 0.6 is 11.6 Å². The van der Waals surface area contributed by atoms with Gasteiger partial charge in [0.2, 0.25) is 27.7 Å². The lowest BCUT2D eigenvalue weighted by Gasteiger charge is -2.32. The molecule has 1 aromatic heterocycles. The molecule has 3 aliphatic carbocycles. The number of carbonyl (C=O) groups is 4. The molecule has 2 aliphatic heterocycles. The molecular weight excluding hydrogens is 714 g/mol. The van der Waals surface area contributed by atoms with E-state index in [4.69, 9.17) is 21.1 Å². The van der Waals surface area contributed by atoms with E-state index in [2.05, 4.69) is 20.3 Å². The zero-order valence-corrected chi connectivity index (χ0v) is 30.6. The van der Waals surface area contributed by atoms with Gasteiger partial charge < -0.3 is 30.1 Å². The lowest BCUT2D eigenvalue weighted by Crippen LogP contribution is -2.59. The lowest BCUT2D eigenvalue weighted by molar-refractivity contribution is -0.142. The highest BCUT2D eigenvalue weighted by Gasteiger charge is 2.62. The van der Waals surface area contributed by atoms with Gasteiger partial charge in [-0.25, -0.2) is 18.2 Å². The Balaban J connectivity index is 1.21. The molecule has 280 valence electrons. The summed E-state index contributed by atoms with van der Waals surface area (Å²) in [5.41, 5.74) is -1.53. The molecule has 5 aliphatic rings. The molecule has 2 aromatic rings. The molecule has 4 N–H and O–H groups in total. The van der Waals surface area contributed by atoms with Gasteiger partial charge >= 0.3 is 6.09 Å². The van der Waals surface area contributed by atoms with Crippen LogP contribution in [0.2, 0.25) is 5.02 Å². The fraction of sp³-hybridized carbons (Fsp3) is 0.583. The molecule has 52 heavy (non-hydrogen) atoms. The molecule has 7 atom stereocenters. The van der Waals surface area contributed by atoms with Gasteiger partial charge in [0.1, 0.15) is 29.5 Å². The van der Waals surface area contributed by atoms with Crippen molar-refractivity contribution in [3.8, 4) is 11.6 Å². The van der Waals surface area contributed by atoms with Gasteiger partial charge in [-0.2, -0.15) is 0 Å². The van der Waals surface area contributed by atoms with Crippen molar-refractivity contribution in [2.24, 2.45) is 17.8 Å². The standard InChI is InChI=1S/C36H44ClN5O9S/c1-19-6-3-4-7-21-16-36(21,34(45)41-52(48,49)24-12-13-24)40-31(43)27-15-23(18-42(27)33(44)30(20(2)14-19)39-35(46)47)51-32-25-8-5-9-26(37)29(25)28(17-38-32)50-22-10-11-22/h4-5,7-9,17,19-24,27,30,39H,3,6,10-16,18H2,1-2H3,(H,40,43)(H,41,45)(H,46,47)/t19-,20-,21-,23-,27+,30+,36-/m1/s1. The summed E-state index contributed by atoms with van der Waals surface area (Å²) in [4.78, 5) is 60.2. The molecular formula is C36H44ClN5O9S. The quantitative estimate of drug-likeness (QED) is 0.287. The number of sulfonamides is 1. The lowest BCUT2D eigenvalue weighted by atomic mass is 9.88. The van der Waals surface area contributed by atoms with Gasteiger partial charge in [-0.15, -0.1) is 0 Å². The largest absolute Gasteiger partial charge is 0.488 e. The first kappa shape index (κ1) is 36.3. The van der Waals surface area contributed by atoms with E-state index in [1.165, 1.54) is 4.90 Å². The summed E-state index contributed by atoms with van der Waals surface area (Å²) in [6.45, 7) is 3.75. The van der Waals surface area contributed by atoms with E-state index in [9.17, 15) is 32.7 Å². The van der Waals surface area contributed by atoms with Crippen LogP contribution in [0.5, 0.6) is 11.6 Å². The second-order valence-corrected chi connectivity index (χ2v) is 17.5. The fourth-order valence-corrected chi connectivity index (χ4v) is 9.17. The molecule has 3 heterocycles. The number of aromatic nitrogens is 1. The highest BCUT2D eigenvalue weighted by atomic mass is 35.5. The van der Waals surface area contributed by atoms with Gasteiger partial charge in [-0.05, 0) is 75.3 Å². The molecule has 3 saturated carbocycles. The number of amides is 4. The number of nitrogens with one attached hydrogen (secondary N) is 3. The highest BCUT2D eigenvalue weighted by molar-refractivity contribution is 7.91. The van der Waals surface area contributed by atoms with E-state index in [1.54, 1.807) is 24.4 Å². The average Bonchev–Trinajstić information content (AvgIpc) is 3.98. The fourth-order valence-electron chi connectivity index (χ4n) is 7.54. The van der Waals surface area contributed by atoms with E-state index in [0.29, 0.717) is 47.2 Å². The molecule has 7 rings (SSSR count). The Labute approximate surface area is 307 Å². The van der Waals surface area contributed by atoms with Gasteiger partial charge in [-0.1, -0.05) is 43.7 Å².